The minimum atomic E-state index is -4.51. The standard InChI is InChI=1S/C33H43NO11S3/c1-23-14-15-25(47(40,41)42)21-27(23)33(5,18-8-6-7-13-31(35)36)24(2)11-9-12-30-32(3,4)28-22-26(48(43,44)45)16-17-29(28)34(30)19-10-20-46(37,38)39/h9,11-12,14-17,21-22H,2,6-8,10,13,18-20H2,1,3-5H3,(H,35,36)(H,37,38,39)(H,40,41,42)(H,43,44,45)/b11-9+,30-12+. The zero-order valence-electron chi connectivity index (χ0n) is 27.4. The van der Waals surface area contributed by atoms with E-state index >= 15 is 0 Å². The average molecular weight is 726 g/mol. The fourth-order valence-electron chi connectivity index (χ4n) is 6.16. The Hall–Kier alpha value is -3.34. The number of allylic oxidation sites excluding steroid dienone is 5. The maximum absolute atomic E-state index is 12.0. The molecule has 0 bridgehead atoms. The predicted octanol–water partition coefficient (Wildman–Crippen LogP) is 5.85. The number of carboxylic acid groups (broad SMARTS) is 1. The van der Waals surface area contributed by atoms with Crippen molar-refractivity contribution >= 4 is 42.0 Å². The van der Waals surface area contributed by atoms with E-state index in [1.165, 1.54) is 30.3 Å². The highest BCUT2D eigenvalue weighted by Gasteiger charge is 2.40. The van der Waals surface area contributed by atoms with Crippen LogP contribution in [0.1, 0.15) is 76.0 Å². The van der Waals surface area contributed by atoms with E-state index in [0.29, 0.717) is 53.8 Å². The van der Waals surface area contributed by atoms with Gasteiger partial charge >= 0.3 is 5.97 Å². The highest BCUT2D eigenvalue weighted by Crippen LogP contribution is 2.48. The summed E-state index contributed by atoms with van der Waals surface area (Å²) >= 11 is 0. The second-order valence-corrected chi connectivity index (χ2v) is 17.2. The summed E-state index contributed by atoms with van der Waals surface area (Å²) in [5, 5.41) is 9.03. The van der Waals surface area contributed by atoms with Gasteiger partial charge in [0.05, 0.1) is 15.5 Å². The first-order valence-corrected chi connectivity index (χ1v) is 19.7. The number of aryl methyl sites for hydroxylation is 1. The number of hydrogen-bond donors (Lipinski definition) is 4. The van der Waals surface area contributed by atoms with Gasteiger partial charge in [-0.05, 0) is 84.9 Å². The van der Waals surface area contributed by atoms with Crippen molar-refractivity contribution < 1.29 is 48.8 Å². The molecule has 0 aliphatic carbocycles. The number of hydrogen-bond acceptors (Lipinski definition) is 8. The number of unbranched alkanes of at least 4 members (excludes halogenated alkanes) is 2. The van der Waals surface area contributed by atoms with E-state index in [0.717, 1.165) is 5.56 Å². The second-order valence-electron chi connectivity index (χ2n) is 12.7. The van der Waals surface area contributed by atoms with Gasteiger partial charge in [0.2, 0.25) is 0 Å². The molecule has 3 rings (SSSR count). The van der Waals surface area contributed by atoms with Gasteiger partial charge < -0.3 is 10.0 Å². The van der Waals surface area contributed by atoms with Crippen molar-refractivity contribution in [3.8, 4) is 0 Å². The topological polar surface area (TPSA) is 204 Å². The maximum atomic E-state index is 12.0. The number of carbonyl (C=O) groups is 1. The van der Waals surface area contributed by atoms with Gasteiger partial charge in [0.25, 0.3) is 30.4 Å². The van der Waals surface area contributed by atoms with Crippen LogP contribution in [0.15, 0.2) is 82.3 Å². The number of nitrogens with zero attached hydrogens (tertiary/aromatic N) is 1. The van der Waals surface area contributed by atoms with Crippen LogP contribution in [0, 0.1) is 6.92 Å². The Bertz CT molecular complexity index is 1960. The number of benzene rings is 2. The third kappa shape index (κ3) is 9.42. The highest BCUT2D eigenvalue weighted by atomic mass is 32.2. The zero-order valence-corrected chi connectivity index (χ0v) is 29.8. The fourth-order valence-corrected chi connectivity index (χ4v) is 7.66. The fraction of sp³-hybridized carbons (Fsp3) is 0.424. The Morgan fingerprint density at radius 2 is 1.52 bits per heavy atom. The molecule has 1 aliphatic heterocycles. The molecule has 0 fully saturated rings. The van der Waals surface area contributed by atoms with Crippen molar-refractivity contribution in [2.24, 2.45) is 0 Å². The molecule has 12 nitrogen and oxygen atoms in total. The molecule has 1 aliphatic rings. The summed E-state index contributed by atoms with van der Waals surface area (Å²) in [5.41, 5.74) is 2.17. The number of aliphatic carboxylic acids is 1. The van der Waals surface area contributed by atoms with Crippen LogP contribution < -0.4 is 4.90 Å². The first-order chi connectivity index (χ1) is 22.0. The summed E-state index contributed by atoms with van der Waals surface area (Å²) in [6.07, 6.45) is 7.51. The molecule has 0 aromatic heterocycles. The molecule has 0 radical (unpaired) electrons. The Morgan fingerprint density at radius 1 is 0.917 bits per heavy atom. The molecule has 0 spiro atoms. The van der Waals surface area contributed by atoms with E-state index in [9.17, 15) is 43.7 Å². The van der Waals surface area contributed by atoms with Crippen LogP contribution in [0.2, 0.25) is 0 Å². The van der Waals surface area contributed by atoms with E-state index in [4.69, 9.17) is 5.11 Å². The number of carboxylic acids is 1. The first kappa shape index (κ1) is 39.1. The quantitative estimate of drug-likeness (QED) is 0.0914. The summed E-state index contributed by atoms with van der Waals surface area (Å²) in [6.45, 7) is 11.9. The molecule has 15 heteroatoms. The first-order valence-electron chi connectivity index (χ1n) is 15.2. The van der Waals surface area contributed by atoms with Crippen LogP contribution in [-0.4, -0.2) is 62.3 Å². The molecule has 1 heterocycles. The Labute approximate surface area is 283 Å². The van der Waals surface area contributed by atoms with Gasteiger partial charge in [-0.1, -0.05) is 58.4 Å². The van der Waals surface area contributed by atoms with Crippen LogP contribution >= 0.6 is 0 Å². The van der Waals surface area contributed by atoms with E-state index < -0.39 is 52.9 Å². The smallest absolute Gasteiger partial charge is 0.303 e. The molecule has 2 aromatic rings. The second kappa shape index (κ2) is 14.6. The van der Waals surface area contributed by atoms with Crippen molar-refractivity contribution in [1.82, 2.24) is 0 Å². The number of fused-ring (bicyclic) bond motifs is 1. The van der Waals surface area contributed by atoms with E-state index in [2.05, 4.69) is 6.58 Å². The monoisotopic (exact) mass is 725 g/mol. The van der Waals surface area contributed by atoms with Crippen molar-refractivity contribution in [2.75, 3.05) is 17.2 Å². The molecule has 1 unspecified atom stereocenters. The zero-order chi connectivity index (χ0) is 36.3. The number of rotatable bonds is 16. The highest BCUT2D eigenvalue weighted by molar-refractivity contribution is 7.86. The van der Waals surface area contributed by atoms with Crippen LogP contribution in [0.3, 0.4) is 0 Å². The van der Waals surface area contributed by atoms with E-state index in [1.807, 2.05) is 32.6 Å². The van der Waals surface area contributed by atoms with Crippen molar-refractivity contribution in [3.63, 3.8) is 0 Å². The van der Waals surface area contributed by atoms with Crippen molar-refractivity contribution in [2.45, 2.75) is 86.8 Å². The summed E-state index contributed by atoms with van der Waals surface area (Å²) in [6, 6.07) is 8.49. The number of anilines is 1. The van der Waals surface area contributed by atoms with Gasteiger partial charge in [-0.2, -0.15) is 25.3 Å². The lowest BCUT2D eigenvalue weighted by atomic mass is 9.71. The van der Waals surface area contributed by atoms with Gasteiger partial charge in [-0.15, -0.1) is 0 Å². The lowest BCUT2D eigenvalue weighted by Crippen LogP contribution is -2.28. The maximum Gasteiger partial charge on any atom is 0.303 e. The summed E-state index contributed by atoms with van der Waals surface area (Å²) < 4.78 is 99.5. The van der Waals surface area contributed by atoms with Crippen LogP contribution in [-0.2, 0) is 46.0 Å². The largest absolute Gasteiger partial charge is 0.481 e. The van der Waals surface area contributed by atoms with Crippen LogP contribution in [0.4, 0.5) is 5.69 Å². The Kier molecular flexibility index (Phi) is 11.9. The minimum absolute atomic E-state index is 0.0209. The van der Waals surface area contributed by atoms with Crippen molar-refractivity contribution in [3.05, 3.63) is 89.2 Å². The van der Waals surface area contributed by atoms with Crippen LogP contribution in [0.25, 0.3) is 0 Å². The Balaban J connectivity index is 2.07. The molecule has 0 saturated heterocycles. The molecular weight excluding hydrogens is 683 g/mol. The molecule has 1 atom stereocenters. The average Bonchev–Trinajstić information content (AvgIpc) is 3.16. The predicted molar refractivity (Wildman–Crippen MR) is 183 cm³/mol. The molecule has 4 N–H and O–H groups in total. The lowest BCUT2D eigenvalue weighted by molar-refractivity contribution is -0.137. The van der Waals surface area contributed by atoms with Gasteiger partial charge in [0.1, 0.15) is 0 Å². The Morgan fingerprint density at radius 3 is 2.10 bits per heavy atom. The SMILES string of the molecule is C=C(/C=C/C=C1/N(CCCS(=O)(=O)O)c2ccc(S(=O)(=O)O)cc2C1(C)C)C(C)(CCCCCC(=O)O)c1cc(S(=O)(=O)O)ccc1C. The molecule has 0 saturated carbocycles. The third-order valence-electron chi connectivity index (χ3n) is 8.87. The molecule has 0 amide bonds. The molecule has 48 heavy (non-hydrogen) atoms. The molecule has 2 aromatic carbocycles. The van der Waals surface area contributed by atoms with Crippen LogP contribution in [0.5, 0.6) is 0 Å². The van der Waals surface area contributed by atoms with Gasteiger partial charge in [0, 0.05) is 35.2 Å². The lowest BCUT2D eigenvalue weighted by Gasteiger charge is -2.33. The van der Waals surface area contributed by atoms with Gasteiger partial charge in [-0.3, -0.25) is 18.5 Å². The summed E-state index contributed by atoms with van der Waals surface area (Å²) in [5.74, 6) is -1.39. The van der Waals surface area contributed by atoms with Gasteiger partial charge in [0.15, 0.2) is 0 Å². The minimum Gasteiger partial charge on any atom is -0.481 e. The van der Waals surface area contributed by atoms with Crippen molar-refractivity contribution in [1.29, 1.82) is 0 Å². The third-order valence-corrected chi connectivity index (χ3v) is 11.4. The van der Waals surface area contributed by atoms with Gasteiger partial charge in [-0.25, -0.2) is 0 Å². The van der Waals surface area contributed by atoms with E-state index in [1.54, 1.807) is 24.3 Å². The van der Waals surface area contributed by atoms with E-state index in [-0.39, 0.29) is 29.2 Å². The molecular formula is C33H43NO11S3. The normalized spacial score (nSPS) is 17.1. The molecule has 264 valence electrons. The summed E-state index contributed by atoms with van der Waals surface area (Å²) in [7, 11) is -13.2. The summed E-state index contributed by atoms with van der Waals surface area (Å²) in [4.78, 5) is 12.3.